The van der Waals surface area contributed by atoms with Crippen molar-refractivity contribution in [2.24, 2.45) is 5.92 Å². The highest BCUT2D eigenvalue weighted by molar-refractivity contribution is 4.84. The Kier molecular flexibility index (Phi) is 6.38. The van der Waals surface area contributed by atoms with Crippen LogP contribution in [0.4, 0.5) is 0 Å². The molecule has 1 unspecified atom stereocenters. The maximum Gasteiger partial charge on any atom is 0.0778 e. The Labute approximate surface area is 89.4 Å². The molecule has 2 nitrogen and oxygen atoms in total. The molecule has 0 aliphatic carbocycles. The van der Waals surface area contributed by atoms with E-state index in [4.69, 9.17) is 4.74 Å². The maximum absolute atomic E-state index is 5.75. The molecule has 0 aliphatic rings. The lowest BCUT2D eigenvalue weighted by molar-refractivity contribution is -0.0393. The van der Waals surface area contributed by atoms with E-state index in [2.05, 4.69) is 39.9 Å². The first-order valence-electron chi connectivity index (χ1n) is 5.75. The third kappa shape index (κ3) is 4.97. The Bertz CT molecular complexity index is 143. The molecule has 2 heteroatoms. The smallest absolute Gasteiger partial charge is 0.0778 e. The fraction of sp³-hybridized carbons (Fsp3) is 1.00. The van der Waals surface area contributed by atoms with E-state index >= 15 is 0 Å². The van der Waals surface area contributed by atoms with E-state index in [9.17, 15) is 0 Å². The molecule has 0 aromatic rings. The van der Waals surface area contributed by atoms with Gasteiger partial charge in [0, 0.05) is 12.6 Å². The molecule has 0 fully saturated rings. The zero-order valence-corrected chi connectivity index (χ0v) is 10.7. The second-order valence-electron chi connectivity index (χ2n) is 4.85. The van der Waals surface area contributed by atoms with Gasteiger partial charge in [-0.05, 0) is 46.6 Å². The first-order chi connectivity index (χ1) is 6.44. The minimum atomic E-state index is -0.0572. The predicted octanol–water partition coefficient (Wildman–Crippen LogP) is 2.83. The van der Waals surface area contributed by atoms with E-state index in [-0.39, 0.29) is 5.60 Å². The first kappa shape index (κ1) is 13.9. The Balaban J connectivity index is 4.10. The summed E-state index contributed by atoms with van der Waals surface area (Å²) in [5.41, 5.74) is -0.0572. The third-order valence-corrected chi connectivity index (χ3v) is 2.74. The molecule has 1 N–H and O–H groups in total. The predicted molar refractivity (Wildman–Crippen MR) is 62.6 cm³/mol. The SMILES string of the molecule is CCOC(C)(C)C(CCC(C)C)NC. The average molecular weight is 201 g/mol. The van der Waals surface area contributed by atoms with Crippen LogP contribution in [-0.2, 0) is 4.74 Å². The summed E-state index contributed by atoms with van der Waals surface area (Å²) in [5.74, 6) is 0.767. The van der Waals surface area contributed by atoms with Crippen LogP contribution >= 0.6 is 0 Å². The lowest BCUT2D eigenvalue weighted by Crippen LogP contribution is -2.47. The highest BCUT2D eigenvalue weighted by atomic mass is 16.5. The molecular formula is C12H27NO. The molecule has 0 saturated heterocycles. The van der Waals surface area contributed by atoms with Crippen LogP contribution in [0.25, 0.3) is 0 Å². The molecule has 0 aliphatic heterocycles. The second kappa shape index (κ2) is 6.41. The van der Waals surface area contributed by atoms with E-state index in [0.29, 0.717) is 6.04 Å². The van der Waals surface area contributed by atoms with E-state index in [1.54, 1.807) is 0 Å². The zero-order chi connectivity index (χ0) is 11.2. The van der Waals surface area contributed by atoms with Gasteiger partial charge in [-0.1, -0.05) is 13.8 Å². The monoisotopic (exact) mass is 201 g/mol. The standard InChI is InChI=1S/C12H27NO/c1-7-14-12(4,5)11(13-6)9-8-10(2)3/h10-11,13H,7-9H2,1-6H3. The van der Waals surface area contributed by atoms with Gasteiger partial charge in [0.15, 0.2) is 0 Å². The number of rotatable bonds is 7. The van der Waals surface area contributed by atoms with Crippen LogP contribution in [0, 0.1) is 5.92 Å². The summed E-state index contributed by atoms with van der Waals surface area (Å²) in [6.45, 7) is 11.7. The van der Waals surface area contributed by atoms with Crippen LogP contribution in [-0.4, -0.2) is 25.3 Å². The number of hydrogen-bond donors (Lipinski definition) is 1. The summed E-state index contributed by atoms with van der Waals surface area (Å²) < 4.78 is 5.75. The molecule has 0 aromatic carbocycles. The average Bonchev–Trinajstić information content (AvgIpc) is 2.03. The van der Waals surface area contributed by atoms with Gasteiger partial charge in [-0.25, -0.2) is 0 Å². The summed E-state index contributed by atoms with van der Waals surface area (Å²) in [6, 6.07) is 0.449. The van der Waals surface area contributed by atoms with E-state index in [0.717, 1.165) is 12.5 Å². The molecule has 0 radical (unpaired) electrons. The van der Waals surface area contributed by atoms with Crippen LogP contribution in [0.1, 0.15) is 47.5 Å². The van der Waals surface area contributed by atoms with Crippen molar-refractivity contribution in [3.8, 4) is 0 Å². The number of likely N-dealkylation sites (N-methyl/N-ethyl adjacent to an activating group) is 1. The van der Waals surface area contributed by atoms with Crippen LogP contribution in [0.15, 0.2) is 0 Å². The lowest BCUT2D eigenvalue weighted by atomic mass is 9.91. The number of hydrogen-bond acceptors (Lipinski definition) is 2. The van der Waals surface area contributed by atoms with Crippen molar-refractivity contribution in [2.75, 3.05) is 13.7 Å². The Morgan fingerprint density at radius 2 is 1.79 bits per heavy atom. The van der Waals surface area contributed by atoms with Gasteiger partial charge in [0.25, 0.3) is 0 Å². The molecule has 0 amide bonds. The topological polar surface area (TPSA) is 21.3 Å². The Morgan fingerprint density at radius 3 is 2.14 bits per heavy atom. The highest BCUT2D eigenvalue weighted by Gasteiger charge is 2.28. The number of nitrogens with one attached hydrogen (secondary N) is 1. The molecule has 86 valence electrons. The summed E-state index contributed by atoms with van der Waals surface area (Å²) in [7, 11) is 2.02. The molecule has 0 heterocycles. The molecule has 14 heavy (non-hydrogen) atoms. The normalized spacial score (nSPS) is 14.8. The van der Waals surface area contributed by atoms with Crippen LogP contribution in [0.2, 0.25) is 0 Å². The summed E-state index contributed by atoms with van der Waals surface area (Å²) in [5, 5.41) is 3.36. The van der Waals surface area contributed by atoms with Gasteiger partial charge in [0.05, 0.1) is 5.60 Å². The zero-order valence-electron chi connectivity index (χ0n) is 10.7. The minimum Gasteiger partial charge on any atom is -0.374 e. The van der Waals surface area contributed by atoms with E-state index in [1.165, 1.54) is 12.8 Å². The van der Waals surface area contributed by atoms with Gasteiger partial charge in [-0.3, -0.25) is 0 Å². The van der Waals surface area contributed by atoms with Gasteiger partial charge < -0.3 is 10.1 Å². The highest BCUT2D eigenvalue weighted by Crippen LogP contribution is 2.20. The summed E-state index contributed by atoms with van der Waals surface area (Å²) in [6.07, 6.45) is 2.43. The van der Waals surface area contributed by atoms with Crippen molar-refractivity contribution in [1.29, 1.82) is 0 Å². The Morgan fingerprint density at radius 1 is 1.21 bits per heavy atom. The van der Waals surface area contributed by atoms with Crippen LogP contribution < -0.4 is 5.32 Å². The van der Waals surface area contributed by atoms with Crippen LogP contribution in [0.3, 0.4) is 0 Å². The van der Waals surface area contributed by atoms with Crippen molar-refractivity contribution >= 4 is 0 Å². The van der Waals surface area contributed by atoms with E-state index in [1.807, 2.05) is 7.05 Å². The second-order valence-corrected chi connectivity index (χ2v) is 4.85. The van der Waals surface area contributed by atoms with Crippen molar-refractivity contribution in [3.05, 3.63) is 0 Å². The molecule has 0 spiro atoms. The quantitative estimate of drug-likeness (QED) is 0.684. The van der Waals surface area contributed by atoms with Gasteiger partial charge in [-0.2, -0.15) is 0 Å². The summed E-state index contributed by atoms with van der Waals surface area (Å²) >= 11 is 0. The number of ether oxygens (including phenoxy) is 1. The molecule has 0 aromatic heterocycles. The maximum atomic E-state index is 5.75. The van der Waals surface area contributed by atoms with E-state index < -0.39 is 0 Å². The molecule has 1 atom stereocenters. The fourth-order valence-corrected chi connectivity index (χ4v) is 1.81. The van der Waals surface area contributed by atoms with Crippen molar-refractivity contribution in [2.45, 2.75) is 59.1 Å². The van der Waals surface area contributed by atoms with Gasteiger partial charge >= 0.3 is 0 Å². The molecular weight excluding hydrogens is 174 g/mol. The van der Waals surface area contributed by atoms with Crippen LogP contribution in [0.5, 0.6) is 0 Å². The van der Waals surface area contributed by atoms with Crippen molar-refractivity contribution in [1.82, 2.24) is 5.32 Å². The largest absolute Gasteiger partial charge is 0.374 e. The minimum absolute atomic E-state index is 0.0572. The molecule has 0 saturated carbocycles. The van der Waals surface area contributed by atoms with Gasteiger partial charge in [0.1, 0.15) is 0 Å². The first-order valence-corrected chi connectivity index (χ1v) is 5.75. The molecule has 0 bridgehead atoms. The molecule has 0 rings (SSSR count). The fourth-order valence-electron chi connectivity index (χ4n) is 1.81. The third-order valence-electron chi connectivity index (χ3n) is 2.74. The lowest BCUT2D eigenvalue weighted by Gasteiger charge is -2.34. The van der Waals surface area contributed by atoms with Crippen molar-refractivity contribution < 1.29 is 4.74 Å². The summed E-state index contributed by atoms with van der Waals surface area (Å²) in [4.78, 5) is 0. The Hall–Kier alpha value is -0.0800. The van der Waals surface area contributed by atoms with Crippen molar-refractivity contribution in [3.63, 3.8) is 0 Å². The van der Waals surface area contributed by atoms with Gasteiger partial charge in [-0.15, -0.1) is 0 Å². The van der Waals surface area contributed by atoms with Gasteiger partial charge in [0.2, 0.25) is 0 Å².